The number of ether oxygens (including phenoxy) is 2. The summed E-state index contributed by atoms with van der Waals surface area (Å²) in [7, 11) is 0. The lowest BCUT2D eigenvalue weighted by Crippen LogP contribution is -2.47. The molecule has 3 aliphatic carbocycles. The molecule has 1 unspecified atom stereocenters. The monoisotopic (exact) mass is 842 g/mol. The van der Waals surface area contributed by atoms with E-state index in [0.29, 0.717) is 35.0 Å². The van der Waals surface area contributed by atoms with E-state index in [1.165, 1.54) is 128 Å². The van der Waals surface area contributed by atoms with E-state index < -0.39 is 34.7 Å². The number of benzene rings is 1. The molecule has 0 amide bonds. The second-order valence-corrected chi connectivity index (χ2v) is 17.3. The molecule has 0 fully saturated rings. The molecule has 2 aromatic rings. The standard InChI is InChI=1S/C51H70O10/c1-4-6-8-10-12-14-16-18-20-22-24-26-28-30-44(53)57-41-33-32-38(34-42(41)58-45(54)31-29-27-25-23-21-19-17-15-13-11-9-7-5-2)49-47-48(55)46-40-35-39(36-43(46)59-49)51(40,47)50(56)61-60-37(3)52/h32-36H,4-31H2,1-3H3. The molecule has 0 spiro atoms. The van der Waals surface area contributed by atoms with Crippen molar-refractivity contribution in [1.29, 1.82) is 0 Å². The highest BCUT2D eigenvalue weighted by molar-refractivity contribution is 6.13. The summed E-state index contributed by atoms with van der Waals surface area (Å²) in [5, 5.41) is 0.261. The van der Waals surface area contributed by atoms with Gasteiger partial charge in [-0.2, -0.15) is 0 Å². The molecule has 10 heteroatoms. The topological polar surface area (TPSA) is 135 Å². The van der Waals surface area contributed by atoms with Crippen molar-refractivity contribution in [1.82, 2.24) is 0 Å². The van der Waals surface area contributed by atoms with Gasteiger partial charge in [-0.25, -0.2) is 19.4 Å². The molecule has 3 aliphatic rings. The van der Waals surface area contributed by atoms with Crippen LogP contribution in [0.15, 0.2) is 39.1 Å². The van der Waals surface area contributed by atoms with Gasteiger partial charge in [-0.15, -0.1) is 0 Å². The third kappa shape index (κ3) is 12.8. The van der Waals surface area contributed by atoms with Crippen LogP contribution in [0, 0.1) is 0 Å². The van der Waals surface area contributed by atoms with E-state index in [2.05, 4.69) is 18.7 Å². The van der Waals surface area contributed by atoms with Crippen LogP contribution in [0.3, 0.4) is 0 Å². The highest BCUT2D eigenvalue weighted by Gasteiger charge is 2.62. The summed E-state index contributed by atoms with van der Waals surface area (Å²) in [6.07, 6.45) is 34.8. The highest BCUT2D eigenvalue weighted by atomic mass is 17.2. The number of fused-ring (bicyclic) bond motifs is 1. The van der Waals surface area contributed by atoms with Crippen LogP contribution in [-0.2, 0) is 34.4 Å². The maximum absolute atomic E-state index is 13.8. The zero-order valence-corrected chi connectivity index (χ0v) is 37.3. The first kappa shape index (κ1) is 47.6. The Morgan fingerprint density at radius 3 is 1.51 bits per heavy atom. The Morgan fingerprint density at radius 1 is 0.574 bits per heavy atom. The number of unbranched alkanes of at least 4 members (excludes halogenated alkanes) is 24. The van der Waals surface area contributed by atoms with Crippen LogP contribution in [0.2, 0.25) is 0 Å². The quantitative estimate of drug-likeness (QED) is 0.0230. The zero-order valence-electron chi connectivity index (χ0n) is 37.3. The molecule has 0 saturated carbocycles. The second-order valence-electron chi connectivity index (χ2n) is 17.3. The number of allylic oxidation sites excluding steroid dienone is 1. The van der Waals surface area contributed by atoms with Crippen LogP contribution in [0.4, 0.5) is 0 Å². The van der Waals surface area contributed by atoms with Crippen molar-refractivity contribution >= 4 is 35.5 Å². The molecule has 0 radical (unpaired) electrons. The van der Waals surface area contributed by atoms with Crippen LogP contribution in [0.1, 0.15) is 206 Å². The Balaban J connectivity index is 1.17. The summed E-state index contributed by atoms with van der Waals surface area (Å²) in [6, 6.07) is 4.63. The third-order valence-corrected chi connectivity index (χ3v) is 12.4. The molecule has 1 aromatic carbocycles. The predicted molar refractivity (Wildman–Crippen MR) is 237 cm³/mol. The first-order valence-electron chi connectivity index (χ1n) is 23.8. The number of hydrogen-bond donors (Lipinski definition) is 0. The average Bonchev–Trinajstić information content (AvgIpc) is 3.30. The van der Waals surface area contributed by atoms with Gasteiger partial charge in [0.15, 0.2) is 22.3 Å². The molecule has 0 aliphatic heterocycles. The summed E-state index contributed by atoms with van der Waals surface area (Å²) in [6.45, 7) is 5.59. The van der Waals surface area contributed by atoms with E-state index in [0.717, 1.165) is 45.4 Å². The van der Waals surface area contributed by atoms with Crippen molar-refractivity contribution in [2.45, 2.75) is 206 Å². The van der Waals surface area contributed by atoms with Crippen molar-refractivity contribution in [2.75, 3.05) is 0 Å². The normalized spacial score (nSPS) is 15.3. The van der Waals surface area contributed by atoms with E-state index in [4.69, 9.17) is 18.8 Å². The summed E-state index contributed by atoms with van der Waals surface area (Å²) < 4.78 is 17.9. The molecule has 5 bridgehead atoms. The first-order chi connectivity index (χ1) is 29.7. The van der Waals surface area contributed by atoms with Crippen molar-refractivity contribution in [3.63, 3.8) is 0 Å². The molecule has 334 valence electrons. The number of carbonyl (C=O) groups excluding carboxylic acids is 4. The zero-order chi connectivity index (χ0) is 43.5. The van der Waals surface area contributed by atoms with Crippen molar-refractivity contribution < 1.29 is 42.8 Å². The summed E-state index contributed by atoms with van der Waals surface area (Å²) in [5.74, 6) is -2.47. The lowest BCUT2D eigenvalue weighted by Gasteiger charge is -2.37. The van der Waals surface area contributed by atoms with E-state index in [-0.39, 0.29) is 40.9 Å². The van der Waals surface area contributed by atoms with E-state index in [1.807, 2.05) is 0 Å². The number of rotatable bonds is 32. The van der Waals surface area contributed by atoms with Gasteiger partial charge < -0.3 is 13.9 Å². The number of esters is 2. The Labute approximate surface area is 362 Å². The van der Waals surface area contributed by atoms with E-state index >= 15 is 0 Å². The van der Waals surface area contributed by atoms with Gasteiger partial charge in [-0.3, -0.25) is 14.4 Å². The van der Waals surface area contributed by atoms with Crippen molar-refractivity contribution in [2.24, 2.45) is 0 Å². The van der Waals surface area contributed by atoms with Crippen LogP contribution in [0.25, 0.3) is 23.0 Å². The molecule has 0 N–H and O–H groups in total. The molecule has 61 heavy (non-hydrogen) atoms. The van der Waals surface area contributed by atoms with Gasteiger partial charge in [-0.05, 0) is 48.3 Å². The maximum Gasteiger partial charge on any atom is 0.375 e. The largest absolute Gasteiger partial charge is 0.455 e. The highest BCUT2D eigenvalue weighted by Crippen LogP contribution is 2.55. The molecule has 1 atom stereocenters. The van der Waals surface area contributed by atoms with Crippen LogP contribution < -0.4 is 25.5 Å². The van der Waals surface area contributed by atoms with Gasteiger partial charge in [0.05, 0.1) is 10.8 Å². The third-order valence-electron chi connectivity index (χ3n) is 12.4. The minimum Gasteiger partial charge on any atom is -0.455 e. The lowest BCUT2D eigenvalue weighted by atomic mass is 9.61. The van der Waals surface area contributed by atoms with Gasteiger partial charge in [0.25, 0.3) is 0 Å². The minimum absolute atomic E-state index is 0.0164. The Kier molecular flexibility index (Phi) is 19.4. The molecule has 10 nitrogen and oxygen atoms in total. The predicted octanol–water partition coefficient (Wildman–Crippen LogP) is 11.2. The van der Waals surface area contributed by atoms with Gasteiger partial charge in [-0.1, -0.05) is 174 Å². The smallest absolute Gasteiger partial charge is 0.375 e. The Hall–Kier alpha value is -4.47. The second kappa shape index (κ2) is 24.8. The first-order valence-corrected chi connectivity index (χ1v) is 23.8. The fourth-order valence-corrected chi connectivity index (χ4v) is 8.96. The summed E-state index contributed by atoms with van der Waals surface area (Å²) in [4.78, 5) is 74.8. The van der Waals surface area contributed by atoms with Crippen molar-refractivity contribution in [3.05, 3.63) is 56.3 Å². The number of hydrogen-bond acceptors (Lipinski definition) is 10. The molecular formula is C51H70O10. The molecular weight excluding hydrogens is 773 g/mol. The van der Waals surface area contributed by atoms with Gasteiger partial charge >= 0.3 is 23.9 Å². The Bertz CT molecular complexity index is 2020. The Morgan fingerprint density at radius 2 is 1.03 bits per heavy atom. The van der Waals surface area contributed by atoms with E-state index in [1.54, 1.807) is 18.2 Å². The average molecular weight is 843 g/mol. The van der Waals surface area contributed by atoms with Gasteiger partial charge in [0.2, 0.25) is 0 Å². The fourth-order valence-electron chi connectivity index (χ4n) is 8.96. The van der Waals surface area contributed by atoms with Gasteiger partial charge in [0, 0.05) is 25.3 Å². The minimum atomic E-state index is -1.61. The fraction of sp³-hybridized carbons (Fsp3) is 0.627. The van der Waals surface area contributed by atoms with Crippen LogP contribution >= 0.6 is 0 Å². The SMILES string of the molecule is CCCCCCCCCCCCCCCC(=O)Oc1ccc(-c2oc3c4c(=O)c2C2(C(=O)OOC(C)=O)C(=CC=42)C=3)cc1OC(=O)CCCCCCCCCCCCCCC. The van der Waals surface area contributed by atoms with Crippen molar-refractivity contribution in [3.8, 4) is 22.8 Å². The number of carbonyl (C=O) groups is 4. The molecule has 0 saturated heterocycles. The molecule has 5 rings (SSSR count). The van der Waals surface area contributed by atoms with E-state index in [9.17, 15) is 24.0 Å². The maximum atomic E-state index is 13.8. The molecule has 1 aromatic heterocycles. The summed E-state index contributed by atoms with van der Waals surface area (Å²) >= 11 is 0. The lowest BCUT2D eigenvalue weighted by molar-refractivity contribution is -0.259. The summed E-state index contributed by atoms with van der Waals surface area (Å²) in [5.41, 5.74) is -0.447. The molecule has 1 heterocycles. The van der Waals surface area contributed by atoms with Crippen LogP contribution in [-0.4, -0.2) is 23.9 Å². The van der Waals surface area contributed by atoms with Gasteiger partial charge in [0.1, 0.15) is 11.2 Å². The van der Waals surface area contributed by atoms with Crippen LogP contribution in [0.5, 0.6) is 11.5 Å².